The third kappa shape index (κ3) is 6.94. The van der Waals surface area contributed by atoms with E-state index in [1.807, 2.05) is 42.5 Å². The van der Waals surface area contributed by atoms with E-state index in [-0.39, 0.29) is 5.57 Å². The maximum Gasteiger partial charge on any atom is 0.266 e. The van der Waals surface area contributed by atoms with Gasteiger partial charge in [0, 0.05) is 15.2 Å². The minimum atomic E-state index is -0.495. The molecular weight excluding hydrogens is 705 g/mol. The topological polar surface area (TPSA) is 62.1 Å². The van der Waals surface area contributed by atoms with Gasteiger partial charge in [-0.05, 0) is 105 Å². The van der Waals surface area contributed by atoms with Gasteiger partial charge in [-0.1, -0.05) is 45.7 Å². The van der Waals surface area contributed by atoms with Crippen LogP contribution in [0, 0.1) is 18.5 Å². The largest absolute Gasteiger partial charge is 0.487 e. The lowest BCUT2D eigenvalue weighted by atomic mass is 10.1. The standard InChI is InChI=1S/C23H14BrClI2N2O2/c24-17-6-4-14(5-7-17)13-31-22-20(26)9-15(10-21(22)27)8-16(12-28)23(30)29-19-3-1-2-18(25)11-19/h1-11H,13H2,(H,29,30)/b16-8+. The number of nitrogens with one attached hydrogen (secondary N) is 1. The monoisotopic (exact) mass is 718 g/mol. The summed E-state index contributed by atoms with van der Waals surface area (Å²) < 4.78 is 8.81. The first-order chi connectivity index (χ1) is 14.9. The van der Waals surface area contributed by atoms with Crippen molar-refractivity contribution in [3.63, 3.8) is 0 Å². The third-order valence-electron chi connectivity index (χ3n) is 4.08. The first-order valence-corrected chi connectivity index (χ1v) is 12.2. The zero-order valence-electron chi connectivity index (χ0n) is 15.8. The molecule has 1 N–H and O–H groups in total. The van der Waals surface area contributed by atoms with Gasteiger partial charge in [0.15, 0.2) is 0 Å². The van der Waals surface area contributed by atoms with E-state index in [2.05, 4.69) is 66.4 Å². The molecule has 8 heteroatoms. The number of hydrogen-bond acceptors (Lipinski definition) is 3. The summed E-state index contributed by atoms with van der Waals surface area (Å²) in [6, 6.07) is 20.4. The fourth-order valence-corrected chi connectivity index (χ4v) is 5.20. The molecule has 0 aliphatic heterocycles. The molecule has 0 heterocycles. The number of carbonyl (C=O) groups is 1. The maximum absolute atomic E-state index is 12.5. The van der Waals surface area contributed by atoms with Crippen LogP contribution in [0.4, 0.5) is 5.69 Å². The Hall–Kier alpha value is -1.61. The van der Waals surface area contributed by atoms with Gasteiger partial charge in [0.05, 0.1) is 7.14 Å². The highest BCUT2D eigenvalue weighted by Crippen LogP contribution is 2.31. The molecule has 3 aromatic carbocycles. The average molecular weight is 720 g/mol. The van der Waals surface area contributed by atoms with Gasteiger partial charge in [-0.15, -0.1) is 0 Å². The van der Waals surface area contributed by atoms with Crippen molar-refractivity contribution in [2.75, 3.05) is 5.32 Å². The lowest BCUT2D eigenvalue weighted by molar-refractivity contribution is -0.112. The number of ether oxygens (including phenoxy) is 1. The first kappa shape index (κ1) is 24.0. The normalized spacial score (nSPS) is 11.0. The zero-order chi connectivity index (χ0) is 22.4. The second kappa shape index (κ2) is 11.3. The molecule has 3 aromatic rings. The van der Waals surface area contributed by atoms with Crippen molar-refractivity contribution in [1.82, 2.24) is 0 Å². The van der Waals surface area contributed by atoms with Gasteiger partial charge in [0.2, 0.25) is 0 Å². The maximum atomic E-state index is 12.5. The number of nitriles is 1. The fourth-order valence-electron chi connectivity index (χ4n) is 2.62. The molecule has 156 valence electrons. The second-order valence-corrected chi connectivity index (χ2v) is 10.0. The van der Waals surface area contributed by atoms with Crippen molar-refractivity contribution >= 4 is 90.4 Å². The summed E-state index contributed by atoms with van der Waals surface area (Å²) in [5.74, 6) is 0.272. The van der Waals surface area contributed by atoms with Crippen LogP contribution in [0.2, 0.25) is 5.02 Å². The van der Waals surface area contributed by atoms with E-state index >= 15 is 0 Å². The van der Waals surface area contributed by atoms with E-state index in [1.165, 1.54) is 0 Å². The Morgan fingerprint density at radius 3 is 2.42 bits per heavy atom. The van der Waals surface area contributed by atoms with E-state index in [0.29, 0.717) is 17.3 Å². The van der Waals surface area contributed by atoms with Crippen molar-refractivity contribution in [2.24, 2.45) is 0 Å². The summed E-state index contributed by atoms with van der Waals surface area (Å²) in [7, 11) is 0. The predicted octanol–water partition coefficient (Wildman–Crippen LogP) is 7.44. The Morgan fingerprint density at radius 2 is 1.81 bits per heavy atom. The molecule has 0 unspecified atom stereocenters. The van der Waals surface area contributed by atoms with Crippen molar-refractivity contribution in [2.45, 2.75) is 6.61 Å². The fraction of sp³-hybridized carbons (Fsp3) is 0.0435. The summed E-state index contributed by atoms with van der Waals surface area (Å²) in [4.78, 5) is 12.5. The Balaban J connectivity index is 1.76. The van der Waals surface area contributed by atoms with Gasteiger partial charge in [0.1, 0.15) is 24.0 Å². The molecule has 0 fully saturated rings. The van der Waals surface area contributed by atoms with E-state index in [4.69, 9.17) is 16.3 Å². The third-order valence-corrected chi connectivity index (χ3v) is 6.44. The van der Waals surface area contributed by atoms with Gasteiger partial charge in [-0.2, -0.15) is 5.26 Å². The molecule has 0 radical (unpaired) electrons. The molecule has 0 spiro atoms. The SMILES string of the molecule is N#C/C(=C\c1cc(I)c(OCc2ccc(Br)cc2)c(I)c1)C(=O)Nc1cccc(Cl)c1. The zero-order valence-corrected chi connectivity index (χ0v) is 22.5. The molecule has 0 saturated heterocycles. The number of anilines is 1. The molecule has 31 heavy (non-hydrogen) atoms. The van der Waals surface area contributed by atoms with Gasteiger partial charge in [-0.3, -0.25) is 4.79 Å². The number of halogens is 4. The number of hydrogen-bond donors (Lipinski definition) is 1. The van der Waals surface area contributed by atoms with Crippen molar-refractivity contribution in [1.29, 1.82) is 5.26 Å². The Kier molecular flexibility index (Phi) is 8.77. The molecule has 0 aliphatic rings. The highest BCUT2D eigenvalue weighted by atomic mass is 127. The molecule has 0 bridgehead atoms. The van der Waals surface area contributed by atoms with Gasteiger partial charge >= 0.3 is 0 Å². The molecule has 4 nitrogen and oxygen atoms in total. The van der Waals surface area contributed by atoms with E-state index in [1.54, 1.807) is 30.3 Å². The number of benzene rings is 3. The van der Waals surface area contributed by atoms with Crippen LogP contribution < -0.4 is 10.1 Å². The average Bonchev–Trinajstić information content (AvgIpc) is 2.72. The molecule has 3 rings (SSSR count). The molecule has 0 aromatic heterocycles. The lowest BCUT2D eigenvalue weighted by Gasteiger charge is -2.12. The number of rotatable bonds is 6. The molecule has 0 atom stereocenters. The molecule has 0 aliphatic carbocycles. The molecular formula is C23H14BrClI2N2O2. The van der Waals surface area contributed by atoms with Gasteiger partial charge < -0.3 is 10.1 Å². The second-order valence-electron chi connectivity index (χ2n) is 6.36. The van der Waals surface area contributed by atoms with Gasteiger partial charge in [-0.25, -0.2) is 0 Å². The highest BCUT2D eigenvalue weighted by molar-refractivity contribution is 14.1. The van der Waals surface area contributed by atoms with Crippen LogP contribution in [-0.2, 0) is 11.4 Å². The van der Waals surface area contributed by atoms with Gasteiger partial charge in [0.25, 0.3) is 5.91 Å². The minimum Gasteiger partial charge on any atom is -0.487 e. The highest BCUT2D eigenvalue weighted by Gasteiger charge is 2.13. The number of amides is 1. The van der Waals surface area contributed by atoms with E-state index < -0.39 is 5.91 Å². The van der Waals surface area contributed by atoms with Crippen molar-refractivity contribution in [3.8, 4) is 11.8 Å². The lowest BCUT2D eigenvalue weighted by Crippen LogP contribution is -2.13. The molecule has 0 saturated carbocycles. The summed E-state index contributed by atoms with van der Waals surface area (Å²) in [6.45, 7) is 0.444. The van der Waals surface area contributed by atoms with Crippen LogP contribution >= 0.6 is 72.7 Å². The Labute approximate surface area is 221 Å². The van der Waals surface area contributed by atoms with E-state index in [0.717, 1.165) is 28.5 Å². The summed E-state index contributed by atoms with van der Waals surface area (Å²) in [5, 5.41) is 12.7. The Bertz CT molecular complexity index is 1170. The van der Waals surface area contributed by atoms with Crippen LogP contribution in [0.1, 0.15) is 11.1 Å². The first-order valence-electron chi connectivity index (χ1n) is 8.90. The summed E-state index contributed by atoms with van der Waals surface area (Å²) in [5.41, 5.74) is 2.32. The summed E-state index contributed by atoms with van der Waals surface area (Å²) >= 11 is 13.8. The van der Waals surface area contributed by atoms with Crippen molar-refractivity contribution in [3.05, 3.63) is 94.0 Å². The Morgan fingerprint density at radius 1 is 1.13 bits per heavy atom. The van der Waals surface area contributed by atoms with Crippen LogP contribution in [0.5, 0.6) is 5.75 Å². The van der Waals surface area contributed by atoms with Crippen LogP contribution in [-0.4, -0.2) is 5.91 Å². The number of carbonyl (C=O) groups excluding carboxylic acids is 1. The molecule has 1 amide bonds. The summed E-state index contributed by atoms with van der Waals surface area (Å²) in [6.07, 6.45) is 1.56. The van der Waals surface area contributed by atoms with Crippen LogP contribution in [0.25, 0.3) is 6.08 Å². The van der Waals surface area contributed by atoms with Crippen LogP contribution in [0.15, 0.2) is 70.7 Å². The van der Waals surface area contributed by atoms with Crippen LogP contribution in [0.3, 0.4) is 0 Å². The van der Waals surface area contributed by atoms with E-state index in [9.17, 15) is 10.1 Å². The number of nitrogens with zero attached hydrogens (tertiary/aromatic N) is 1. The quantitative estimate of drug-likeness (QED) is 0.164. The predicted molar refractivity (Wildman–Crippen MR) is 144 cm³/mol. The minimum absolute atomic E-state index is 0.00453. The smallest absolute Gasteiger partial charge is 0.266 e. The van der Waals surface area contributed by atoms with Crippen molar-refractivity contribution < 1.29 is 9.53 Å².